The minimum Gasteiger partial charge on any atom is -0.465 e. The second-order valence-corrected chi connectivity index (χ2v) is 4.40. The van der Waals surface area contributed by atoms with Crippen LogP contribution in [0.2, 0.25) is 0 Å². The number of hydrogen-bond donors (Lipinski definition) is 0. The van der Waals surface area contributed by atoms with Gasteiger partial charge in [0.1, 0.15) is 0 Å². The zero-order valence-electron chi connectivity index (χ0n) is 8.56. The fourth-order valence-corrected chi connectivity index (χ4v) is 1.86. The number of benzene rings is 1. The number of esters is 1. The molecule has 1 aromatic rings. The maximum absolute atomic E-state index is 12.6. The van der Waals surface area contributed by atoms with Crippen LogP contribution in [0.4, 0.5) is 12.9 Å². The van der Waals surface area contributed by atoms with Crippen molar-refractivity contribution in [3.05, 3.63) is 26.8 Å². The van der Waals surface area contributed by atoms with E-state index in [9.17, 15) is 17.7 Å². The van der Waals surface area contributed by atoms with Gasteiger partial charge in [0, 0.05) is 3.57 Å². The van der Waals surface area contributed by atoms with Gasteiger partial charge in [-0.1, -0.05) is 12.1 Å². The minimum absolute atomic E-state index is 0.0383. The highest BCUT2D eigenvalue weighted by Crippen LogP contribution is 2.19. The second kappa shape index (κ2) is 4.64. The molecule has 0 saturated heterocycles. The summed E-state index contributed by atoms with van der Waals surface area (Å²) in [6.45, 7) is -3.52. The van der Waals surface area contributed by atoms with Crippen molar-refractivity contribution in [1.82, 2.24) is 0 Å². The summed E-state index contributed by atoms with van der Waals surface area (Å²) in [6, 6.07) is 1.87. The Bertz CT molecular complexity index is 431. The molecule has 0 bridgehead atoms. The van der Waals surface area contributed by atoms with Crippen LogP contribution in [0, 0.1) is 10.5 Å². The van der Waals surface area contributed by atoms with Crippen molar-refractivity contribution in [3.63, 3.8) is 0 Å². The van der Waals surface area contributed by atoms with E-state index in [-0.39, 0.29) is 5.56 Å². The zero-order chi connectivity index (χ0) is 12.5. The Hall–Kier alpha value is -0.725. The van der Waals surface area contributed by atoms with E-state index in [1.807, 2.05) is 0 Å². The van der Waals surface area contributed by atoms with Crippen molar-refractivity contribution in [3.8, 4) is 0 Å². The summed E-state index contributed by atoms with van der Waals surface area (Å²) >= 11 is 1.77. The van der Waals surface area contributed by atoms with Gasteiger partial charge in [0.25, 0.3) is 0 Å². The zero-order valence-corrected chi connectivity index (χ0v) is 10.7. The van der Waals surface area contributed by atoms with Crippen LogP contribution in [-0.4, -0.2) is 20.1 Å². The van der Waals surface area contributed by atoms with E-state index in [0.29, 0.717) is 9.13 Å². The fraction of sp³-hybridized carbons (Fsp3) is 0.222. The molecular formula is C9H8BF3IO2-. The molecule has 0 aliphatic heterocycles. The van der Waals surface area contributed by atoms with Crippen LogP contribution < -0.4 is 5.46 Å². The van der Waals surface area contributed by atoms with Gasteiger partial charge >= 0.3 is 12.9 Å². The molecular weight excluding hydrogens is 335 g/mol. The van der Waals surface area contributed by atoms with E-state index in [4.69, 9.17) is 0 Å². The van der Waals surface area contributed by atoms with E-state index >= 15 is 0 Å². The lowest BCUT2D eigenvalue weighted by atomic mass is 9.79. The van der Waals surface area contributed by atoms with Gasteiger partial charge in [-0.15, -0.1) is 5.46 Å². The highest BCUT2D eigenvalue weighted by molar-refractivity contribution is 14.1. The third-order valence-corrected chi connectivity index (χ3v) is 3.27. The van der Waals surface area contributed by atoms with Gasteiger partial charge in [-0.3, -0.25) is 0 Å². The Labute approximate surface area is 104 Å². The van der Waals surface area contributed by atoms with Gasteiger partial charge < -0.3 is 17.7 Å². The summed E-state index contributed by atoms with van der Waals surface area (Å²) in [4.78, 5) is 11.3. The Kier molecular flexibility index (Phi) is 3.87. The third kappa shape index (κ3) is 2.69. The number of methoxy groups -OCH3 is 1. The van der Waals surface area contributed by atoms with E-state index in [0.717, 1.165) is 19.2 Å². The molecule has 2 nitrogen and oxygen atoms in total. The van der Waals surface area contributed by atoms with Crippen molar-refractivity contribution in [2.24, 2.45) is 0 Å². The number of halogens is 4. The Morgan fingerprint density at radius 2 is 1.94 bits per heavy atom. The SMILES string of the molecule is COC(=O)c1cc([B-](F)(F)F)cc(I)c1C. The van der Waals surface area contributed by atoms with E-state index in [1.54, 1.807) is 29.5 Å². The molecule has 0 heterocycles. The predicted octanol–water partition coefficient (Wildman–Crippen LogP) is 2.44. The van der Waals surface area contributed by atoms with Crippen LogP contribution in [0.3, 0.4) is 0 Å². The molecule has 88 valence electrons. The van der Waals surface area contributed by atoms with Crippen molar-refractivity contribution in [2.45, 2.75) is 6.92 Å². The molecule has 0 aliphatic rings. The lowest BCUT2D eigenvalue weighted by molar-refractivity contribution is 0.0600. The summed E-state index contributed by atoms with van der Waals surface area (Å²) in [5, 5.41) is 0. The largest absolute Gasteiger partial charge is 0.509 e. The van der Waals surface area contributed by atoms with Gasteiger partial charge in [-0.05, 0) is 35.1 Å². The first-order valence-electron chi connectivity index (χ1n) is 4.35. The van der Waals surface area contributed by atoms with Crippen LogP contribution >= 0.6 is 22.6 Å². The number of hydrogen-bond acceptors (Lipinski definition) is 2. The van der Waals surface area contributed by atoms with E-state index < -0.39 is 18.4 Å². The third-order valence-electron chi connectivity index (χ3n) is 2.15. The molecule has 0 amide bonds. The lowest BCUT2D eigenvalue weighted by Crippen LogP contribution is -2.35. The van der Waals surface area contributed by atoms with Crippen molar-refractivity contribution < 1.29 is 22.5 Å². The molecule has 0 radical (unpaired) electrons. The van der Waals surface area contributed by atoms with Gasteiger partial charge in [0.15, 0.2) is 0 Å². The minimum atomic E-state index is -5.10. The number of carbonyl (C=O) groups is 1. The van der Waals surface area contributed by atoms with Crippen molar-refractivity contribution in [1.29, 1.82) is 0 Å². The molecule has 0 atom stereocenters. The van der Waals surface area contributed by atoms with Crippen molar-refractivity contribution in [2.75, 3.05) is 7.11 Å². The smallest absolute Gasteiger partial charge is 0.465 e. The van der Waals surface area contributed by atoms with Crippen LogP contribution in [0.5, 0.6) is 0 Å². The molecule has 16 heavy (non-hydrogen) atoms. The summed E-state index contributed by atoms with van der Waals surface area (Å²) in [6.07, 6.45) is 0. The molecule has 0 saturated carbocycles. The number of carbonyl (C=O) groups excluding carboxylic acids is 1. The molecule has 0 aromatic heterocycles. The van der Waals surface area contributed by atoms with Crippen molar-refractivity contribution >= 4 is 41.0 Å². The maximum Gasteiger partial charge on any atom is 0.509 e. The van der Waals surface area contributed by atoms with Gasteiger partial charge in [-0.2, -0.15) is 0 Å². The predicted molar refractivity (Wildman–Crippen MR) is 63.9 cm³/mol. The molecule has 1 aromatic carbocycles. The summed E-state index contributed by atoms with van der Waals surface area (Å²) in [5.74, 6) is -0.752. The van der Waals surface area contributed by atoms with E-state index in [2.05, 4.69) is 4.74 Å². The standard InChI is InChI=1S/C9H8BF3IO2/c1-5-7(9(15)16-2)3-6(4-8(5)14)10(11,12)13/h3-4H,1-2H3/q-1. The highest BCUT2D eigenvalue weighted by atomic mass is 127. The quantitative estimate of drug-likeness (QED) is 0.469. The molecule has 1 rings (SSSR count). The molecule has 0 spiro atoms. The first kappa shape index (κ1) is 13.3. The topological polar surface area (TPSA) is 26.3 Å². The number of ether oxygens (including phenoxy) is 1. The van der Waals surface area contributed by atoms with Gasteiger partial charge in [0.2, 0.25) is 0 Å². The van der Waals surface area contributed by atoms with Crippen LogP contribution in [0.1, 0.15) is 15.9 Å². The molecule has 0 fully saturated rings. The Morgan fingerprint density at radius 3 is 2.38 bits per heavy atom. The maximum atomic E-state index is 12.6. The average molecular weight is 343 g/mol. The molecule has 0 aliphatic carbocycles. The molecule has 7 heteroatoms. The number of rotatable bonds is 2. The van der Waals surface area contributed by atoms with Crippen LogP contribution in [-0.2, 0) is 4.74 Å². The fourth-order valence-electron chi connectivity index (χ4n) is 1.21. The van der Waals surface area contributed by atoms with Crippen LogP contribution in [0.25, 0.3) is 0 Å². The first-order valence-corrected chi connectivity index (χ1v) is 5.43. The average Bonchev–Trinajstić information content (AvgIpc) is 2.19. The summed E-state index contributed by atoms with van der Waals surface area (Å²) in [7, 11) is 1.14. The molecule has 0 N–H and O–H groups in total. The van der Waals surface area contributed by atoms with Crippen LogP contribution in [0.15, 0.2) is 12.1 Å². The molecule has 0 unspecified atom stereocenters. The lowest BCUT2D eigenvalue weighted by Gasteiger charge is -2.17. The normalized spacial score (nSPS) is 11.4. The second-order valence-electron chi connectivity index (χ2n) is 3.24. The van der Waals surface area contributed by atoms with Gasteiger partial charge in [-0.25, -0.2) is 4.79 Å². The summed E-state index contributed by atoms with van der Waals surface area (Å²) in [5.41, 5.74) is -0.324. The summed E-state index contributed by atoms with van der Waals surface area (Å²) < 4.78 is 42.5. The Morgan fingerprint density at radius 1 is 1.38 bits per heavy atom. The highest BCUT2D eigenvalue weighted by Gasteiger charge is 2.27. The Balaban J connectivity index is 3.39. The first-order chi connectivity index (χ1) is 7.27. The van der Waals surface area contributed by atoms with E-state index in [1.165, 1.54) is 0 Å². The van der Waals surface area contributed by atoms with Gasteiger partial charge in [0.05, 0.1) is 12.7 Å². The monoisotopic (exact) mass is 343 g/mol.